The van der Waals surface area contributed by atoms with Crippen LogP contribution in [0.2, 0.25) is 0 Å². The Balaban J connectivity index is 4.00. The van der Waals surface area contributed by atoms with Crippen LogP contribution in [0, 0.1) is 0 Å². The molecule has 3 N–H and O–H groups in total. The molecule has 0 saturated carbocycles. The van der Waals surface area contributed by atoms with E-state index in [9.17, 15) is 9.59 Å². The first kappa shape index (κ1) is 16.1. The van der Waals surface area contributed by atoms with E-state index in [1.165, 1.54) is 0 Å². The zero-order chi connectivity index (χ0) is 13.3. The molecule has 0 aromatic rings. The number of aliphatic carboxylic acids is 1. The maximum atomic E-state index is 11.5. The van der Waals surface area contributed by atoms with E-state index in [1.54, 1.807) is 11.8 Å². The molecule has 0 aliphatic heterocycles. The van der Waals surface area contributed by atoms with Crippen molar-refractivity contribution in [2.75, 3.05) is 11.5 Å². The van der Waals surface area contributed by atoms with Gasteiger partial charge in [-0.05, 0) is 19.1 Å². The topological polar surface area (TPSA) is 78.4 Å². The zero-order valence-electron chi connectivity index (χ0n) is 10.7. The van der Waals surface area contributed by atoms with Crippen molar-refractivity contribution in [2.45, 2.75) is 45.7 Å². The standard InChI is InChI=1S/C11H22N2O3S/c1-4-6-9(10(14)15)13-11(16)12-8(3)7-17-5-2/h8-9H,4-7H2,1-3H3,(H,14,15)(H2,12,13,16)/t8?,9-/m0/s1. The third-order valence-electron chi connectivity index (χ3n) is 2.13. The van der Waals surface area contributed by atoms with Crippen molar-refractivity contribution in [1.29, 1.82) is 0 Å². The van der Waals surface area contributed by atoms with Crippen LogP contribution in [0.5, 0.6) is 0 Å². The van der Waals surface area contributed by atoms with Gasteiger partial charge < -0.3 is 15.7 Å². The molecule has 0 spiro atoms. The number of amides is 2. The maximum Gasteiger partial charge on any atom is 0.326 e. The van der Waals surface area contributed by atoms with Gasteiger partial charge in [0.05, 0.1) is 0 Å². The van der Waals surface area contributed by atoms with Crippen LogP contribution in [0.15, 0.2) is 0 Å². The van der Waals surface area contributed by atoms with Gasteiger partial charge in [0.15, 0.2) is 0 Å². The van der Waals surface area contributed by atoms with E-state index in [4.69, 9.17) is 5.11 Å². The summed E-state index contributed by atoms with van der Waals surface area (Å²) < 4.78 is 0. The molecule has 0 rings (SSSR count). The lowest BCUT2D eigenvalue weighted by Crippen LogP contribution is -2.48. The Labute approximate surface area is 107 Å². The molecule has 17 heavy (non-hydrogen) atoms. The van der Waals surface area contributed by atoms with Crippen LogP contribution < -0.4 is 10.6 Å². The minimum atomic E-state index is -0.988. The highest BCUT2D eigenvalue weighted by molar-refractivity contribution is 7.99. The van der Waals surface area contributed by atoms with Crippen molar-refractivity contribution in [3.63, 3.8) is 0 Å². The number of hydrogen-bond acceptors (Lipinski definition) is 3. The van der Waals surface area contributed by atoms with Gasteiger partial charge in [-0.1, -0.05) is 20.3 Å². The molecule has 1 unspecified atom stereocenters. The van der Waals surface area contributed by atoms with Crippen molar-refractivity contribution in [3.8, 4) is 0 Å². The Bertz CT molecular complexity index is 249. The van der Waals surface area contributed by atoms with E-state index >= 15 is 0 Å². The van der Waals surface area contributed by atoms with E-state index < -0.39 is 18.0 Å². The SMILES string of the molecule is CCC[C@H](NC(=O)NC(C)CSCC)C(=O)O. The fraction of sp³-hybridized carbons (Fsp3) is 0.818. The van der Waals surface area contributed by atoms with Crippen LogP contribution in [0.25, 0.3) is 0 Å². The molecule has 0 aromatic heterocycles. The van der Waals surface area contributed by atoms with Crippen LogP contribution in [-0.2, 0) is 4.79 Å². The smallest absolute Gasteiger partial charge is 0.326 e. The lowest BCUT2D eigenvalue weighted by atomic mass is 10.2. The van der Waals surface area contributed by atoms with Gasteiger partial charge in [0.1, 0.15) is 6.04 Å². The normalized spacial score (nSPS) is 13.8. The summed E-state index contributed by atoms with van der Waals surface area (Å²) >= 11 is 1.73. The number of carboxylic acid groups (broad SMARTS) is 1. The Morgan fingerprint density at radius 1 is 1.29 bits per heavy atom. The molecule has 0 aliphatic carbocycles. The molecule has 2 atom stereocenters. The quantitative estimate of drug-likeness (QED) is 0.622. The van der Waals surface area contributed by atoms with Gasteiger partial charge in [-0.3, -0.25) is 0 Å². The summed E-state index contributed by atoms with van der Waals surface area (Å²) in [6, 6.07) is -1.17. The number of thioether (sulfide) groups is 1. The fourth-order valence-corrected chi connectivity index (χ4v) is 1.98. The molecule has 5 nitrogen and oxygen atoms in total. The fourth-order valence-electron chi connectivity index (χ4n) is 1.31. The summed E-state index contributed by atoms with van der Waals surface area (Å²) in [6.45, 7) is 5.84. The molecule has 0 aliphatic rings. The predicted molar refractivity (Wildman–Crippen MR) is 70.5 cm³/mol. The molecule has 2 amide bonds. The Hall–Kier alpha value is -0.910. The molecule has 6 heteroatoms. The van der Waals surface area contributed by atoms with Crippen LogP contribution in [0.3, 0.4) is 0 Å². The van der Waals surface area contributed by atoms with Gasteiger partial charge in [0.2, 0.25) is 0 Å². The van der Waals surface area contributed by atoms with E-state index in [1.807, 2.05) is 13.8 Å². The minimum absolute atomic E-state index is 0.0380. The van der Waals surface area contributed by atoms with Gasteiger partial charge in [0, 0.05) is 11.8 Å². The number of carboxylic acids is 1. The Morgan fingerprint density at radius 2 is 1.94 bits per heavy atom. The summed E-state index contributed by atoms with van der Waals surface area (Å²) in [5.74, 6) is 0.842. The number of carbonyl (C=O) groups is 2. The second-order valence-corrected chi connectivity index (χ2v) is 5.18. The molecule has 0 fully saturated rings. The van der Waals surface area contributed by atoms with Crippen LogP contribution in [-0.4, -0.2) is 40.7 Å². The summed E-state index contributed by atoms with van der Waals surface area (Å²) in [5, 5.41) is 14.1. The summed E-state index contributed by atoms with van der Waals surface area (Å²) in [6.07, 6.45) is 1.17. The third-order valence-corrected chi connectivity index (χ3v) is 3.27. The van der Waals surface area contributed by atoms with E-state index in [2.05, 4.69) is 17.6 Å². The van der Waals surface area contributed by atoms with E-state index in [0.29, 0.717) is 6.42 Å². The average Bonchev–Trinajstić information content (AvgIpc) is 2.25. The average molecular weight is 262 g/mol. The van der Waals surface area contributed by atoms with Crippen molar-refractivity contribution < 1.29 is 14.7 Å². The molecule has 100 valence electrons. The Kier molecular flexibility index (Phi) is 8.66. The van der Waals surface area contributed by atoms with Crippen LogP contribution in [0.1, 0.15) is 33.6 Å². The van der Waals surface area contributed by atoms with Gasteiger partial charge in [0.25, 0.3) is 0 Å². The first-order valence-electron chi connectivity index (χ1n) is 5.88. The minimum Gasteiger partial charge on any atom is -0.480 e. The number of nitrogens with one attached hydrogen (secondary N) is 2. The number of rotatable bonds is 8. The first-order valence-corrected chi connectivity index (χ1v) is 7.04. The molecule has 0 heterocycles. The van der Waals surface area contributed by atoms with Crippen LogP contribution in [0.4, 0.5) is 4.79 Å². The number of hydrogen-bond donors (Lipinski definition) is 3. The summed E-state index contributed by atoms with van der Waals surface area (Å²) in [7, 11) is 0. The monoisotopic (exact) mass is 262 g/mol. The maximum absolute atomic E-state index is 11.5. The summed E-state index contributed by atoms with van der Waals surface area (Å²) in [4.78, 5) is 22.3. The van der Waals surface area contributed by atoms with Gasteiger partial charge in [-0.2, -0.15) is 11.8 Å². The lowest BCUT2D eigenvalue weighted by molar-refractivity contribution is -0.139. The molecule has 0 radical (unpaired) electrons. The second-order valence-electron chi connectivity index (χ2n) is 3.86. The second kappa shape index (κ2) is 9.15. The molecule has 0 bridgehead atoms. The largest absolute Gasteiger partial charge is 0.480 e. The van der Waals surface area contributed by atoms with Crippen molar-refractivity contribution in [2.24, 2.45) is 0 Å². The molecule has 0 saturated heterocycles. The van der Waals surface area contributed by atoms with Crippen molar-refractivity contribution >= 4 is 23.8 Å². The highest BCUT2D eigenvalue weighted by Gasteiger charge is 2.19. The van der Waals surface area contributed by atoms with E-state index in [-0.39, 0.29) is 6.04 Å². The molecular formula is C11H22N2O3S. The summed E-state index contributed by atoms with van der Waals surface area (Å²) in [5.41, 5.74) is 0. The molecule has 0 aromatic carbocycles. The highest BCUT2D eigenvalue weighted by atomic mass is 32.2. The lowest BCUT2D eigenvalue weighted by Gasteiger charge is -2.17. The van der Waals surface area contributed by atoms with E-state index in [0.717, 1.165) is 17.9 Å². The highest BCUT2D eigenvalue weighted by Crippen LogP contribution is 2.01. The number of carbonyl (C=O) groups excluding carboxylic acids is 1. The molecular weight excluding hydrogens is 240 g/mol. The van der Waals surface area contributed by atoms with Crippen molar-refractivity contribution in [3.05, 3.63) is 0 Å². The van der Waals surface area contributed by atoms with Gasteiger partial charge in [-0.15, -0.1) is 0 Å². The third kappa shape index (κ3) is 7.90. The Morgan fingerprint density at radius 3 is 2.41 bits per heavy atom. The first-order chi connectivity index (χ1) is 8.01. The number of urea groups is 1. The van der Waals surface area contributed by atoms with Gasteiger partial charge >= 0.3 is 12.0 Å². The van der Waals surface area contributed by atoms with Gasteiger partial charge in [-0.25, -0.2) is 9.59 Å². The predicted octanol–water partition coefficient (Wildman–Crippen LogP) is 1.68. The zero-order valence-corrected chi connectivity index (χ0v) is 11.5. The van der Waals surface area contributed by atoms with Crippen LogP contribution >= 0.6 is 11.8 Å². The van der Waals surface area contributed by atoms with Crippen molar-refractivity contribution in [1.82, 2.24) is 10.6 Å².